The molecule has 1 aliphatic heterocycles. The van der Waals surface area contributed by atoms with Gasteiger partial charge in [0.05, 0.1) is 0 Å². The van der Waals surface area contributed by atoms with Gasteiger partial charge in [0.2, 0.25) is 5.91 Å². The number of carbonyl (C=O) groups excluding carboxylic acids is 2. The summed E-state index contributed by atoms with van der Waals surface area (Å²) < 4.78 is 0. The van der Waals surface area contributed by atoms with E-state index in [-0.39, 0.29) is 5.91 Å². The van der Waals surface area contributed by atoms with Crippen LogP contribution in [-0.4, -0.2) is 29.8 Å². The Morgan fingerprint density at radius 3 is 2.58 bits per heavy atom. The summed E-state index contributed by atoms with van der Waals surface area (Å²) in [6, 6.07) is 14.4. The van der Waals surface area contributed by atoms with Crippen molar-refractivity contribution >= 4 is 23.4 Å². The first-order valence-electron chi connectivity index (χ1n) is 7.96. The largest absolute Gasteiger partial charge is 0.366 e. The van der Waals surface area contributed by atoms with E-state index in [2.05, 4.69) is 0 Å². The molecule has 1 fully saturated rings. The number of hydrogen-bond acceptors (Lipinski definition) is 2. The van der Waals surface area contributed by atoms with Gasteiger partial charge < -0.3 is 10.6 Å². The first kappa shape index (κ1) is 16.5. The van der Waals surface area contributed by atoms with Crippen LogP contribution >= 0.6 is 11.6 Å². The van der Waals surface area contributed by atoms with Crippen LogP contribution in [0.1, 0.15) is 32.7 Å². The highest BCUT2D eigenvalue weighted by Gasteiger charge is 2.27. The summed E-state index contributed by atoms with van der Waals surface area (Å²) in [7, 11) is 0. The van der Waals surface area contributed by atoms with E-state index < -0.39 is 5.91 Å². The maximum Gasteiger partial charge on any atom is 0.253 e. The fraction of sp³-hybridized carbons (Fsp3) is 0.263. The fourth-order valence-corrected chi connectivity index (χ4v) is 3.27. The van der Waals surface area contributed by atoms with Crippen molar-refractivity contribution in [2.24, 2.45) is 11.7 Å². The van der Waals surface area contributed by atoms with Gasteiger partial charge >= 0.3 is 0 Å². The molecule has 0 bridgehead atoms. The van der Waals surface area contributed by atoms with E-state index in [0.29, 0.717) is 22.1 Å². The summed E-state index contributed by atoms with van der Waals surface area (Å²) in [6.45, 7) is 1.48. The van der Waals surface area contributed by atoms with Crippen LogP contribution in [0.3, 0.4) is 0 Å². The van der Waals surface area contributed by atoms with Gasteiger partial charge in [-0.3, -0.25) is 9.59 Å². The Morgan fingerprint density at radius 1 is 1.12 bits per heavy atom. The van der Waals surface area contributed by atoms with Crippen molar-refractivity contribution < 1.29 is 9.59 Å². The number of primary amides is 1. The topological polar surface area (TPSA) is 63.4 Å². The monoisotopic (exact) mass is 342 g/mol. The van der Waals surface area contributed by atoms with E-state index in [1.54, 1.807) is 30.3 Å². The third-order valence-electron chi connectivity index (χ3n) is 4.40. The van der Waals surface area contributed by atoms with Gasteiger partial charge in [0.1, 0.15) is 0 Å². The van der Waals surface area contributed by atoms with Crippen molar-refractivity contribution in [1.29, 1.82) is 0 Å². The number of halogens is 1. The molecule has 124 valence electrons. The Balaban J connectivity index is 1.63. The smallest absolute Gasteiger partial charge is 0.253 e. The average molecular weight is 343 g/mol. The van der Waals surface area contributed by atoms with E-state index in [1.165, 1.54) is 0 Å². The van der Waals surface area contributed by atoms with Crippen molar-refractivity contribution in [1.82, 2.24) is 4.90 Å². The highest BCUT2D eigenvalue weighted by Crippen LogP contribution is 2.23. The van der Waals surface area contributed by atoms with Crippen LogP contribution in [0.5, 0.6) is 0 Å². The Morgan fingerprint density at radius 2 is 1.88 bits per heavy atom. The predicted octanol–water partition coefficient (Wildman–Crippen LogP) is 3.14. The molecule has 0 saturated carbocycles. The summed E-state index contributed by atoms with van der Waals surface area (Å²) >= 11 is 5.87. The Hall–Kier alpha value is -2.33. The number of carbonyl (C=O) groups is 2. The average Bonchev–Trinajstić information content (AvgIpc) is 3.03. The van der Waals surface area contributed by atoms with Crippen molar-refractivity contribution in [2.45, 2.75) is 12.8 Å². The number of nitrogens with two attached hydrogens (primary N) is 1. The number of likely N-dealkylation sites (tertiary alicyclic amines) is 1. The lowest BCUT2D eigenvalue weighted by atomic mass is 9.97. The van der Waals surface area contributed by atoms with Gasteiger partial charge in [0, 0.05) is 29.2 Å². The molecular formula is C19H19ClN2O2. The molecule has 0 radical (unpaired) electrons. The zero-order chi connectivity index (χ0) is 17.1. The molecule has 2 aromatic carbocycles. The summed E-state index contributed by atoms with van der Waals surface area (Å²) in [5.74, 6) is 0.0206. The molecule has 4 nitrogen and oxygen atoms in total. The van der Waals surface area contributed by atoms with E-state index in [1.807, 2.05) is 23.1 Å². The Kier molecular flexibility index (Phi) is 4.86. The molecule has 2 aromatic rings. The fourth-order valence-electron chi connectivity index (χ4n) is 3.14. The molecule has 2 amide bonds. The zero-order valence-electron chi connectivity index (χ0n) is 13.2. The number of benzene rings is 2. The van der Waals surface area contributed by atoms with Gasteiger partial charge in [-0.05, 0) is 60.7 Å². The zero-order valence-corrected chi connectivity index (χ0v) is 14.0. The minimum absolute atomic E-state index is 0.0417. The van der Waals surface area contributed by atoms with Gasteiger partial charge in [0.25, 0.3) is 5.91 Å². The van der Waals surface area contributed by atoms with Gasteiger partial charge in [-0.1, -0.05) is 23.7 Å². The summed E-state index contributed by atoms with van der Waals surface area (Å²) in [5, 5.41) is 0.625. The molecular weight excluding hydrogens is 324 g/mol. The second-order valence-corrected chi connectivity index (χ2v) is 6.62. The van der Waals surface area contributed by atoms with Gasteiger partial charge in [-0.15, -0.1) is 0 Å². The van der Waals surface area contributed by atoms with E-state index in [9.17, 15) is 9.59 Å². The lowest BCUT2D eigenvalue weighted by Gasteiger charge is -2.17. The van der Waals surface area contributed by atoms with Crippen molar-refractivity contribution in [2.75, 3.05) is 13.1 Å². The molecule has 0 unspecified atom stereocenters. The van der Waals surface area contributed by atoms with Gasteiger partial charge in [-0.2, -0.15) is 0 Å². The number of rotatable bonds is 4. The first-order valence-corrected chi connectivity index (χ1v) is 8.34. The third kappa shape index (κ3) is 3.77. The second-order valence-electron chi connectivity index (χ2n) is 6.18. The van der Waals surface area contributed by atoms with Crippen LogP contribution in [0.15, 0.2) is 48.5 Å². The minimum atomic E-state index is -0.414. The van der Waals surface area contributed by atoms with Crippen molar-refractivity contribution in [3.8, 4) is 0 Å². The van der Waals surface area contributed by atoms with Crippen LogP contribution in [-0.2, 0) is 6.42 Å². The van der Waals surface area contributed by atoms with Crippen LogP contribution in [0, 0.1) is 5.92 Å². The first-order chi connectivity index (χ1) is 11.5. The number of hydrogen-bond donors (Lipinski definition) is 1. The SMILES string of the molecule is NC(=O)c1cccc(C[C@@H]2CCN(C(=O)c3ccc(Cl)cc3)C2)c1. The number of nitrogens with zero attached hydrogens (tertiary/aromatic N) is 1. The highest BCUT2D eigenvalue weighted by molar-refractivity contribution is 6.30. The summed E-state index contributed by atoms with van der Waals surface area (Å²) in [6.07, 6.45) is 1.80. The second kappa shape index (κ2) is 7.05. The standard InChI is InChI=1S/C19H19ClN2O2/c20-17-6-4-15(5-7-17)19(24)22-9-8-14(12-22)10-13-2-1-3-16(11-13)18(21)23/h1-7,11,14H,8-10,12H2,(H2,21,23)/t14-/m0/s1. The molecule has 1 atom stereocenters. The maximum absolute atomic E-state index is 12.5. The molecule has 0 aromatic heterocycles. The molecule has 2 N–H and O–H groups in total. The number of amides is 2. The quantitative estimate of drug-likeness (QED) is 0.927. The highest BCUT2D eigenvalue weighted by atomic mass is 35.5. The molecule has 1 heterocycles. The Bertz CT molecular complexity index is 758. The van der Waals surface area contributed by atoms with E-state index >= 15 is 0 Å². The molecule has 24 heavy (non-hydrogen) atoms. The van der Waals surface area contributed by atoms with Crippen molar-refractivity contribution in [3.05, 3.63) is 70.2 Å². The molecule has 1 saturated heterocycles. The minimum Gasteiger partial charge on any atom is -0.366 e. The van der Waals surface area contributed by atoms with Crippen LogP contribution in [0.25, 0.3) is 0 Å². The van der Waals surface area contributed by atoms with E-state index in [4.69, 9.17) is 17.3 Å². The lowest BCUT2D eigenvalue weighted by molar-refractivity contribution is 0.0787. The summed E-state index contributed by atoms with van der Waals surface area (Å²) in [5.41, 5.74) is 7.60. The summed E-state index contributed by atoms with van der Waals surface area (Å²) in [4.78, 5) is 25.7. The predicted molar refractivity (Wildman–Crippen MR) is 94.1 cm³/mol. The molecule has 3 rings (SSSR count). The molecule has 0 spiro atoms. The molecule has 1 aliphatic rings. The normalized spacial score (nSPS) is 17.0. The van der Waals surface area contributed by atoms with E-state index in [0.717, 1.165) is 31.5 Å². The maximum atomic E-state index is 12.5. The third-order valence-corrected chi connectivity index (χ3v) is 4.65. The van der Waals surface area contributed by atoms with Gasteiger partial charge in [0.15, 0.2) is 0 Å². The van der Waals surface area contributed by atoms with Gasteiger partial charge in [-0.25, -0.2) is 0 Å². The molecule has 0 aliphatic carbocycles. The van der Waals surface area contributed by atoms with Crippen molar-refractivity contribution in [3.63, 3.8) is 0 Å². The lowest BCUT2D eigenvalue weighted by Crippen LogP contribution is -2.28. The van der Waals surface area contributed by atoms with Crippen LogP contribution in [0.4, 0.5) is 0 Å². The van der Waals surface area contributed by atoms with Crippen LogP contribution < -0.4 is 5.73 Å². The van der Waals surface area contributed by atoms with Crippen LogP contribution in [0.2, 0.25) is 5.02 Å². The molecule has 5 heteroatoms. The Labute approximate surface area is 146 Å².